The van der Waals surface area contributed by atoms with E-state index in [2.05, 4.69) is 4.90 Å². The highest BCUT2D eigenvalue weighted by Crippen LogP contribution is 2.36. The smallest absolute Gasteiger partial charge is 0.254 e. The van der Waals surface area contributed by atoms with Crippen LogP contribution in [0.15, 0.2) is 18.2 Å². The minimum atomic E-state index is -1.28. The number of halogens is 2. The zero-order chi connectivity index (χ0) is 23.9. The second kappa shape index (κ2) is 9.94. The van der Waals surface area contributed by atoms with E-state index in [1.807, 2.05) is 15.9 Å². The third-order valence-electron chi connectivity index (χ3n) is 8.07. The van der Waals surface area contributed by atoms with Crippen LogP contribution in [0.4, 0.5) is 0 Å². The van der Waals surface area contributed by atoms with Crippen molar-refractivity contribution < 1.29 is 19.4 Å². The third-order valence-corrected chi connectivity index (χ3v) is 8.81. The van der Waals surface area contributed by atoms with Crippen LogP contribution in [0, 0.1) is 0 Å². The van der Waals surface area contributed by atoms with Gasteiger partial charge >= 0.3 is 0 Å². The molecule has 2 amide bonds. The lowest BCUT2D eigenvalue weighted by molar-refractivity contribution is -0.174. The van der Waals surface area contributed by atoms with Gasteiger partial charge in [-0.05, 0) is 69.3 Å². The lowest BCUT2D eigenvalue weighted by Gasteiger charge is -2.55. The van der Waals surface area contributed by atoms with Gasteiger partial charge in [-0.1, -0.05) is 29.3 Å². The quantitative estimate of drug-likeness (QED) is 0.675. The molecule has 3 aliphatic heterocycles. The van der Waals surface area contributed by atoms with Gasteiger partial charge < -0.3 is 19.6 Å². The Morgan fingerprint density at radius 3 is 2.32 bits per heavy atom. The van der Waals surface area contributed by atoms with Gasteiger partial charge in [0.15, 0.2) is 0 Å². The number of piperazine rings is 1. The Morgan fingerprint density at radius 2 is 1.62 bits per heavy atom. The summed E-state index contributed by atoms with van der Waals surface area (Å²) in [5, 5.41) is 12.0. The van der Waals surface area contributed by atoms with Crippen LogP contribution < -0.4 is 0 Å². The number of fused-ring (bicyclic) bond motifs is 1. The minimum absolute atomic E-state index is 0.0196. The number of rotatable bonds is 4. The van der Waals surface area contributed by atoms with E-state index in [1.54, 1.807) is 12.1 Å². The molecule has 34 heavy (non-hydrogen) atoms. The van der Waals surface area contributed by atoms with Crippen LogP contribution in [-0.2, 0) is 20.7 Å². The Hall–Kier alpha value is -1.38. The zero-order valence-corrected chi connectivity index (χ0v) is 20.9. The Kier molecular flexibility index (Phi) is 7.11. The summed E-state index contributed by atoms with van der Waals surface area (Å²) >= 11 is 12.2. The zero-order valence-electron chi connectivity index (χ0n) is 19.4. The van der Waals surface area contributed by atoms with Crippen LogP contribution in [-0.4, -0.2) is 94.7 Å². The molecule has 1 aromatic carbocycles. The third kappa shape index (κ3) is 4.58. The van der Waals surface area contributed by atoms with E-state index in [9.17, 15) is 14.7 Å². The van der Waals surface area contributed by atoms with Crippen LogP contribution >= 0.6 is 23.2 Å². The van der Waals surface area contributed by atoms with Gasteiger partial charge in [-0.15, -0.1) is 0 Å². The molecular weight excluding hydrogens is 477 g/mol. The Labute approximate surface area is 210 Å². The predicted molar refractivity (Wildman–Crippen MR) is 130 cm³/mol. The molecule has 186 valence electrons. The van der Waals surface area contributed by atoms with E-state index in [1.165, 1.54) is 0 Å². The average Bonchev–Trinajstić information content (AvgIpc) is 3.53. The first kappa shape index (κ1) is 24.3. The van der Waals surface area contributed by atoms with E-state index < -0.39 is 5.60 Å². The maximum absolute atomic E-state index is 13.6. The van der Waals surface area contributed by atoms with Crippen LogP contribution in [0.25, 0.3) is 0 Å². The molecule has 4 fully saturated rings. The summed E-state index contributed by atoms with van der Waals surface area (Å²) in [5.74, 6) is -0.173. The lowest BCUT2D eigenvalue weighted by atomic mass is 9.89. The molecular formula is C25H33Cl2N3O4. The molecule has 9 heteroatoms. The summed E-state index contributed by atoms with van der Waals surface area (Å²) in [6.07, 6.45) is 5.25. The molecule has 4 aliphatic rings. The van der Waals surface area contributed by atoms with E-state index in [4.69, 9.17) is 27.9 Å². The van der Waals surface area contributed by atoms with Gasteiger partial charge in [-0.25, -0.2) is 0 Å². The van der Waals surface area contributed by atoms with Crippen molar-refractivity contribution in [3.8, 4) is 0 Å². The first-order valence-corrected chi connectivity index (χ1v) is 13.2. The summed E-state index contributed by atoms with van der Waals surface area (Å²) in [7, 11) is 0. The summed E-state index contributed by atoms with van der Waals surface area (Å²) in [6, 6.07) is 4.91. The molecule has 0 bridgehead atoms. The minimum Gasteiger partial charge on any atom is -0.380 e. The van der Waals surface area contributed by atoms with Crippen molar-refractivity contribution in [3.05, 3.63) is 33.8 Å². The molecule has 1 aliphatic carbocycles. The van der Waals surface area contributed by atoms with Crippen LogP contribution in [0.3, 0.4) is 0 Å². The van der Waals surface area contributed by atoms with Gasteiger partial charge in [0, 0.05) is 13.1 Å². The maximum Gasteiger partial charge on any atom is 0.254 e. The number of hydrogen-bond acceptors (Lipinski definition) is 5. The van der Waals surface area contributed by atoms with Crippen molar-refractivity contribution in [3.63, 3.8) is 0 Å². The molecule has 3 saturated heterocycles. The highest BCUT2D eigenvalue weighted by Gasteiger charge is 2.52. The van der Waals surface area contributed by atoms with E-state index in [0.717, 1.165) is 44.3 Å². The molecule has 0 aromatic heterocycles. The highest BCUT2D eigenvalue weighted by molar-refractivity contribution is 6.42. The van der Waals surface area contributed by atoms with Gasteiger partial charge in [-0.3, -0.25) is 14.5 Å². The SMILES string of the molecule is O=C(Cc1ccc(Cl)c(Cl)c1)N1CCN(C(=O)C2(O)CCCC2)C2COCC(N3CCCC3)[C@H]21. The summed E-state index contributed by atoms with van der Waals surface area (Å²) in [6.45, 7) is 3.74. The fourth-order valence-corrected chi connectivity index (χ4v) is 6.61. The van der Waals surface area contributed by atoms with Crippen molar-refractivity contribution >= 4 is 35.0 Å². The topological polar surface area (TPSA) is 73.3 Å². The molecule has 1 saturated carbocycles. The second-order valence-electron chi connectivity index (χ2n) is 10.2. The standard InChI is InChI=1S/C25H33Cl2N3O4/c26-18-6-5-17(13-19(18)27)14-22(31)30-12-11-29(24(32)25(33)7-1-2-8-25)21-16-34-15-20(23(21)30)28-9-3-4-10-28/h5-6,13,20-21,23,33H,1-4,7-12,14-16H2/t20?,21?,23-/m1/s1. The molecule has 3 atom stereocenters. The molecule has 3 heterocycles. The normalized spacial score (nSPS) is 29.3. The number of benzene rings is 1. The van der Waals surface area contributed by atoms with E-state index >= 15 is 0 Å². The molecule has 1 aromatic rings. The largest absolute Gasteiger partial charge is 0.380 e. The summed E-state index contributed by atoms with van der Waals surface area (Å²) in [4.78, 5) is 33.3. The molecule has 5 rings (SSSR count). The number of hydrogen-bond donors (Lipinski definition) is 1. The predicted octanol–water partition coefficient (Wildman–Crippen LogP) is 2.74. The number of likely N-dealkylation sites (tertiary alicyclic amines) is 1. The number of carbonyl (C=O) groups is 2. The first-order valence-electron chi connectivity index (χ1n) is 12.5. The second-order valence-corrected chi connectivity index (χ2v) is 11.0. The Bertz CT molecular complexity index is 933. The Balaban J connectivity index is 1.41. The lowest BCUT2D eigenvalue weighted by Crippen LogP contribution is -2.73. The first-order chi connectivity index (χ1) is 16.4. The monoisotopic (exact) mass is 509 g/mol. The van der Waals surface area contributed by atoms with Crippen LogP contribution in [0.2, 0.25) is 10.0 Å². The molecule has 1 N–H and O–H groups in total. The number of aliphatic hydroxyl groups is 1. The molecule has 0 spiro atoms. The van der Waals surface area contributed by atoms with Gasteiger partial charge in [0.1, 0.15) is 5.60 Å². The van der Waals surface area contributed by atoms with Crippen molar-refractivity contribution in [2.75, 3.05) is 39.4 Å². The van der Waals surface area contributed by atoms with Crippen molar-refractivity contribution in [1.82, 2.24) is 14.7 Å². The van der Waals surface area contributed by atoms with Crippen LogP contribution in [0.1, 0.15) is 44.1 Å². The van der Waals surface area contributed by atoms with Crippen LogP contribution in [0.5, 0.6) is 0 Å². The van der Waals surface area contributed by atoms with Gasteiger partial charge in [0.05, 0.1) is 47.8 Å². The summed E-state index contributed by atoms with van der Waals surface area (Å²) in [5.41, 5.74) is -0.461. The maximum atomic E-state index is 13.6. The van der Waals surface area contributed by atoms with Crippen molar-refractivity contribution in [2.24, 2.45) is 0 Å². The van der Waals surface area contributed by atoms with Gasteiger partial charge in [-0.2, -0.15) is 0 Å². The fourth-order valence-electron chi connectivity index (χ4n) is 6.29. The highest BCUT2D eigenvalue weighted by atomic mass is 35.5. The molecule has 0 radical (unpaired) electrons. The Morgan fingerprint density at radius 1 is 0.941 bits per heavy atom. The fraction of sp³-hybridized carbons (Fsp3) is 0.680. The number of amides is 2. The van der Waals surface area contributed by atoms with Gasteiger partial charge in [0.25, 0.3) is 5.91 Å². The van der Waals surface area contributed by atoms with Gasteiger partial charge in [0.2, 0.25) is 5.91 Å². The molecule has 7 nitrogen and oxygen atoms in total. The number of carbonyl (C=O) groups excluding carboxylic acids is 2. The average molecular weight is 510 g/mol. The number of nitrogens with zero attached hydrogens (tertiary/aromatic N) is 3. The number of ether oxygens (including phenoxy) is 1. The van der Waals surface area contributed by atoms with Crippen molar-refractivity contribution in [2.45, 2.75) is 68.7 Å². The van der Waals surface area contributed by atoms with E-state index in [-0.39, 0.29) is 36.4 Å². The summed E-state index contributed by atoms with van der Waals surface area (Å²) < 4.78 is 6.03. The van der Waals surface area contributed by atoms with Crippen molar-refractivity contribution in [1.29, 1.82) is 0 Å². The molecule has 2 unspecified atom stereocenters. The van der Waals surface area contributed by atoms with E-state index in [0.29, 0.717) is 49.2 Å².